The lowest BCUT2D eigenvalue weighted by atomic mass is 10.6. The molecular weight excluding hydrogens is 349 g/mol. The average Bonchev–Trinajstić information content (AvgIpc) is 2.34. The van der Waals surface area contributed by atoms with Gasteiger partial charge in [0.1, 0.15) is 0 Å². The molecule has 0 aromatic carbocycles. The van der Waals surface area contributed by atoms with Gasteiger partial charge in [0, 0.05) is 27.3 Å². The highest BCUT2D eigenvalue weighted by Crippen LogP contribution is 1.79. The van der Waals surface area contributed by atoms with E-state index in [1.54, 1.807) is 14.2 Å². The fourth-order valence-corrected chi connectivity index (χ4v) is 1.08. The molecular formula is C11H26IN3O3. The Morgan fingerprint density at radius 1 is 1.00 bits per heavy atom. The molecule has 0 heterocycles. The standard InChI is InChI=1S/C11H25N3O3.HI/c1-4-12-11(13-5-7-15-2)14-6-8-17-10-9-16-3;/h4-10H2,1-3H3,(H2,12,13,14);1H. The molecule has 0 saturated heterocycles. The molecule has 110 valence electrons. The third-order valence-corrected chi connectivity index (χ3v) is 1.88. The summed E-state index contributed by atoms with van der Waals surface area (Å²) in [6, 6.07) is 0. The number of hydrogen-bond acceptors (Lipinski definition) is 4. The van der Waals surface area contributed by atoms with Crippen LogP contribution in [0.15, 0.2) is 4.99 Å². The minimum Gasteiger partial charge on any atom is -0.383 e. The van der Waals surface area contributed by atoms with E-state index in [1.165, 1.54) is 0 Å². The minimum absolute atomic E-state index is 0. The third kappa shape index (κ3) is 13.9. The van der Waals surface area contributed by atoms with Crippen LogP contribution in [0, 0.1) is 0 Å². The largest absolute Gasteiger partial charge is 0.383 e. The van der Waals surface area contributed by atoms with Gasteiger partial charge in [0.2, 0.25) is 0 Å². The van der Waals surface area contributed by atoms with Gasteiger partial charge in [0.05, 0.1) is 33.0 Å². The van der Waals surface area contributed by atoms with E-state index >= 15 is 0 Å². The number of nitrogens with zero attached hydrogens (tertiary/aromatic N) is 1. The summed E-state index contributed by atoms with van der Waals surface area (Å²) in [5.74, 6) is 0.792. The molecule has 0 aromatic heterocycles. The molecule has 18 heavy (non-hydrogen) atoms. The zero-order valence-electron chi connectivity index (χ0n) is 11.5. The molecule has 0 aliphatic heterocycles. The van der Waals surface area contributed by atoms with Gasteiger partial charge >= 0.3 is 0 Å². The van der Waals surface area contributed by atoms with Gasteiger partial charge in [0.25, 0.3) is 0 Å². The molecule has 0 rings (SSSR count). The van der Waals surface area contributed by atoms with Crippen LogP contribution in [-0.2, 0) is 14.2 Å². The fourth-order valence-electron chi connectivity index (χ4n) is 1.08. The van der Waals surface area contributed by atoms with Crippen molar-refractivity contribution in [2.24, 2.45) is 4.99 Å². The lowest BCUT2D eigenvalue weighted by molar-refractivity contribution is 0.0748. The molecule has 0 bridgehead atoms. The summed E-state index contributed by atoms with van der Waals surface area (Å²) >= 11 is 0. The van der Waals surface area contributed by atoms with Crippen molar-refractivity contribution in [2.75, 3.05) is 60.3 Å². The fraction of sp³-hybridized carbons (Fsp3) is 0.909. The van der Waals surface area contributed by atoms with Crippen LogP contribution in [0.2, 0.25) is 0 Å². The van der Waals surface area contributed by atoms with Crippen molar-refractivity contribution in [2.45, 2.75) is 6.92 Å². The molecule has 0 aliphatic carbocycles. The van der Waals surface area contributed by atoms with E-state index in [0.717, 1.165) is 19.0 Å². The van der Waals surface area contributed by atoms with Crippen molar-refractivity contribution in [3.63, 3.8) is 0 Å². The SMILES string of the molecule is CCNC(=NCCOCCOC)NCCOC.I. The predicted octanol–water partition coefficient (Wildman–Crippen LogP) is 0.469. The van der Waals surface area contributed by atoms with E-state index in [2.05, 4.69) is 15.6 Å². The Morgan fingerprint density at radius 3 is 2.33 bits per heavy atom. The Balaban J connectivity index is 0. The second-order valence-electron chi connectivity index (χ2n) is 3.29. The number of hydrogen-bond donors (Lipinski definition) is 2. The lowest BCUT2D eigenvalue weighted by Gasteiger charge is -2.10. The summed E-state index contributed by atoms with van der Waals surface area (Å²) in [5.41, 5.74) is 0. The molecule has 0 saturated carbocycles. The summed E-state index contributed by atoms with van der Waals surface area (Å²) in [6.45, 7) is 6.74. The number of halogens is 1. The van der Waals surface area contributed by atoms with Crippen LogP contribution in [-0.4, -0.2) is 66.2 Å². The number of nitrogens with one attached hydrogen (secondary N) is 2. The Labute approximate surface area is 127 Å². The maximum absolute atomic E-state index is 5.32. The molecule has 6 nitrogen and oxygen atoms in total. The molecule has 0 aromatic rings. The van der Waals surface area contributed by atoms with E-state index in [0.29, 0.717) is 33.0 Å². The van der Waals surface area contributed by atoms with Crippen LogP contribution >= 0.6 is 24.0 Å². The Morgan fingerprint density at radius 2 is 1.72 bits per heavy atom. The van der Waals surface area contributed by atoms with Crippen LogP contribution in [0.25, 0.3) is 0 Å². The number of rotatable bonds is 10. The molecule has 0 aliphatic rings. The Hall–Kier alpha value is -0.120. The van der Waals surface area contributed by atoms with Crippen molar-refractivity contribution >= 4 is 29.9 Å². The highest BCUT2D eigenvalue weighted by Gasteiger charge is 1.95. The summed E-state index contributed by atoms with van der Waals surface area (Å²) in [5, 5.41) is 6.30. The van der Waals surface area contributed by atoms with Crippen molar-refractivity contribution < 1.29 is 14.2 Å². The molecule has 2 N–H and O–H groups in total. The van der Waals surface area contributed by atoms with Gasteiger partial charge in [-0.05, 0) is 6.92 Å². The second-order valence-corrected chi connectivity index (χ2v) is 3.29. The number of methoxy groups -OCH3 is 2. The molecule has 0 unspecified atom stereocenters. The van der Waals surface area contributed by atoms with Gasteiger partial charge in [-0.1, -0.05) is 0 Å². The van der Waals surface area contributed by atoms with E-state index in [1.807, 2.05) is 6.92 Å². The van der Waals surface area contributed by atoms with Gasteiger partial charge < -0.3 is 24.8 Å². The number of ether oxygens (including phenoxy) is 3. The maximum atomic E-state index is 5.32. The first-order valence-corrected chi connectivity index (χ1v) is 5.93. The Kier molecular flexibility index (Phi) is 18.9. The first kappa shape index (κ1) is 20.2. The molecule has 0 amide bonds. The second kappa shape index (κ2) is 16.9. The molecule has 0 radical (unpaired) electrons. The molecule has 0 spiro atoms. The quantitative estimate of drug-likeness (QED) is 0.252. The van der Waals surface area contributed by atoms with Crippen LogP contribution < -0.4 is 10.6 Å². The minimum atomic E-state index is 0. The van der Waals surface area contributed by atoms with Gasteiger partial charge in [-0.25, -0.2) is 0 Å². The van der Waals surface area contributed by atoms with E-state index < -0.39 is 0 Å². The van der Waals surface area contributed by atoms with Gasteiger partial charge in [-0.2, -0.15) is 0 Å². The highest BCUT2D eigenvalue weighted by atomic mass is 127. The summed E-state index contributed by atoms with van der Waals surface area (Å²) < 4.78 is 15.1. The zero-order valence-corrected chi connectivity index (χ0v) is 13.9. The predicted molar refractivity (Wildman–Crippen MR) is 84.0 cm³/mol. The van der Waals surface area contributed by atoms with Crippen LogP contribution in [0.3, 0.4) is 0 Å². The lowest BCUT2D eigenvalue weighted by Crippen LogP contribution is -2.39. The normalized spacial score (nSPS) is 10.9. The summed E-state index contributed by atoms with van der Waals surface area (Å²) in [4.78, 5) is 4.36. The topological polar surface area (TPSA) is 64.1 Å². The highest BCUT2D eigenvalue weighted by molar-refractivity contribution is 14.0. The maximum Gasteiger partial charge on any atom is 0.191 e. The average molecular weight is 375 g/mol. The van der Waals surface area contributed by atoms with Crippen molar-refractivity contribution in [3.8, 4) is 0 Å². The van der Waals surface area contributed by atoms with Crippen LogP contribution in [0.4, 0.5) is 0 Å². The van der Waals surface area contributed by atoms with E-state index in [4.69, 9.17) is 14.2 Å². The third-order valence-electron chi connectivity index (χ3n) is 1.88. The van der Waals surface area contributed by atoms with Gasteiger partial charge in [0.15, 0.2) is 5.96 Å². The van der Waals surface area contributed by atoms with Crippen LogP contribution in [0.5, 0.6) is 0 Å². The first-order chi connectivity index (χ1) is 8.35. The van der Waals surface area contributed by atoms with Crippen molar-refractivity contribution in [1.82, 2.24) is 10.6 Å². The smallest absolute Gasteiger partial charge is 0.191 e. The van der Waals surface area contributed by atoms with Gasteiger partial charge in [-0.3, -0.25) is 4.99 Å². The van der Waals surface area contributed by atoms with Crippen molar-refractivity contribution in [3.05, 3.63) is 0 Å². The van der Waals surface area contributed by atoms with Gasteiger partial charge in [-0.15, -0.1) is 24.0 Å². The number of guanidine groups is 1. The number of aliphatic imine (C=N–C) groups is 1. The van der Waals surface area contributed by atoms with Crippen LogP contribution in [0.1, 0.15) is 6.92 Å². The monoisotopic (exact) mass is 375 g/mol. The summed E-state index contributed by atoms with van der Waals surface area (Å²) in [7, 11) is 3.33. The van der Waals surface area contributed by atoms with E-state index in [9.17, 15) is 0 Å². The zero-order chi connectivity index (χ0) is 12.8. The molecule has 7 heteroatoms. The van der Waals surface area contributed by atoms with Crippen molar-refractivity contribution in [1.29, 1.82) is 0 Å². The summed E-state index contributed by atoms with van der Waals surface area (Å²) in [6.07, 6.45) is 0. The molecule has 0 fully saturated rings. The Bertz CT molecular complexity index is 194. The first-order valence-electron chi connectivity index (χ1n) is 5.93. The molecule has 0 atom stereocenters. The van der Waals surface area contributed by atoms with E-state index in [-0.39, 0.29) is 24.0 Å².